The van der Waals surface area contributed by atoms with E-state index < -0.39 is 39.1 Å². The molecule has 2 aromatic rings. The minimum absolute atomic E-state index is 0.0767. The fourth-order valence-electron chi connectivity index (χ4n) is 3.75. The third-order valence-corrected chi connectivity index (χ3v) is 7.24. The molecule has 2 rings (SSSR count). The third kappa shape index (κ3) is 5.71. The van der Waals surface area contributed by atoms with Gasteiger partial charge in [-0.15, -0.1) is 13.2 Å². The second-order valence-electron chi connectivity index (χ2n) is 8.74. The number of nitrogens with two attached hydrogens (primary N) is 1. The topological polar surface area (TPSA) is 77.7 Å². The maximum absolute atomic E-state index is 14.5. The summed E-state index contributed by atoms with van der Waals surface area (Å²) in [7, 11) is 1.07. The molecule has 1 aromatic heterocycles. The van der Waals surface area contributed by atoms with Crippen LogP contribution in [0.3, 0.4) is 0 Å². The van der Waals surface area contributed by atoms with E-state index in [1.807, 2.05) is 0 Å². The first-order chi connectivity index (χ1) is 15.9. The molecule has 34 heavy (non-hydrogen) atoms. The predicted octanol–water partition coefficient (Wildman–Crippen LogP) is 5.15. The molecule has 1 unspecified atom stereocenters. The zero-order chi connectivity index (χ0) is 25.7. The molecule has 0 aliphatic carbocycles. The normalized spacial score (nSPS) is 15.3. The Kier molecular flexibility index (Phi) is 9.10. The third-order valence-electron chi connectivity index (χ3n) is 5.25. The lowest BCUT2D eigenvalue weighted by atomic mass is 9.92. The Morgan fingerprint density at radius 2 is 1.82 bits per heavy atom. The van der Waals surface area contributed by atoms with Crippen molar-refractivity contribution in [3.05, 3.63) is 78.5 Å². The van der Waals surface area contributed by atoms with E-state index in [4.69, 9.17) is 15.2 Å². The van der Waals surface area contributed by atoms with Gasteiger partial charge in [-0.1, -0.05) is 12.2 Å². The van der Waals surface area contributed by atoms with Gasteiger partial charge in [-0.05, 0) is 51.5 Å². The molecule has 0 bridgehead atoms. The van der Waals surface area contributed by atoms with Crippen molar-refractivity contribution in [2.45, 2.75) is 50.1 Å². The van der Waals surface area contributed by atoms with Crippen molar-refractivity contribution >= 4 is 11.0 Å². The highest BCUT2D eigenvalue weighted by molar-refractivity contribution is 7.84. The SMILES string of the molecule is C=CC[C@H](c1cc(F)cnc1OC)N(S(=O)C(C)(C)C)[C@](N)(CC=C)c1cc(F)ccc1OC. The van der Waals surface area contributed by atoms with Gasteiger partial charge < -0.3 is 15.2 Å². The molecule has 0 aliphatic rings. The van der Waals surface area contributed by atoms with Crippen LogP contribution in [0.15, 0.2) is 55.8 Å². The fourth-order valence-corrected chi connectivity index (χ4v) is 5.24. The molecule has 1 heterocycles. The summed E-state index contributed by atoms with van der Waals surface area (Å²) in [5.74, 6) is -0.679. The van der Waals surface area contributed by atoms with Crippen LogP contribution in [-0.4, -0.2) is 32.5 Å². The van der Waals surface area contributed by atoms with Gasteiger partial charge in [0.25, 0.3) is 0 Å². The lowest BCUT2D eigenvalue weighted by molar-refractivity contribution is 0.142. The molecular weight excluding hydrogens is 460 g/mol. The quantitative estimate of drug-likeness (QED) is 0.346. The van der Waals surface area contributed by atoms with E-state index in [0.717, 1.165) is 6.20 Å². The highest BCUT2D eigenvalue weighted by Crippen LogP contribution is 2.45. The number of halogens is 2. The Morgan fingerprint density at radius 3 is 2.35 bits per heavy atom. The molecule has 6 nitrogen and oxygen atoms in total. The van der Waals surface area contributed by atoms with E-state index in [0.29, 0.717) is 11.3 Å². The molecule has 3 atom stereocenters. The van der Waals surface area contributed by atoms with E-state index in [2.05, 4.69) is 18.1 Å². The maximum atomic E-state index is 14.5. The second kappa shape index (κ2) is 11.2. The zero-order valence-electron chi connectivity index (χ0n) is 20.3. The molecule has 0 spiro atoms. The molecule has 2 N–H and O–H groups in total. The van der Waals surface area contributed by atoms with Crippen molar-refractivity contribution in [1.82, 2.24) is 9.29 Å². The summed E-state index contributed by atoms with van der Waals surface area (Å²) in [6.07, 6.45) is 4.50. The number of aromatic nitrogens is 1. The Balaban J connectivity index is 2.97. The van der Waals surface area contributed by atoms with Crippen molar-refractivity contribution in [1.29, 1.82) is 0 Å². The largest absolute Gasteiger partial charge is 0.496 e. The number of rotatable bonds is 11. The minimum Gasteiger partial charge on any atom is -0.496 e. The first kappa shape index (κ1) is 27.6. The van der Waals surface area contributed by atoms with Crippen LogP contribution in [-0.2, 0) is 16.6 Å². The molecular formula is C25H33F2N3O3S. The van der Waals surface area contributed by atoms with Crippen LogP contribution < -0.4 is 15.2 Å². The number of pyridine rings is 1. The van der Waals surface area contributed by atoms with E-state index in [1.54, 1.807) is 32.9 Å². The van der Waals surface area contributed by atoms with Crippen LogP contribution in [0.5, 0.6) is 11.6 Å². The lowest BCUT2D eigenvalue weighted by Crippen LogP contribution is -2.58. The first-order valence-corrected chi connectivity index (χ1v) is 11.8. The molecule has 9 heteroatoms. The second-order valence-corrected chi connectivity index (χ2v) is 10.9. The van der Waals surface area contributed by atoms with Gasteiger partial charge in [0, 0.05) is 17.5 Å². The van der Waals surface area contributed by atoms with Crippen molar-refractivity contribution in [2.24, 2.45) is 5.73 Å². The van der Waals surface area contributed by atoms with Crippen molar-refractivity contribution in [3.8, 4) is 11.6 Å². The summed E-state index contributed by atoms with van der Waals surface area (Å²) in [4.78, 5) is 4.05. The van der Waals surface area contributed by atoms with Gasteiger partial charge in [-0.25, -0.2) is 18.0 Å². The van der Waals surface area contributed by atoms with Gasteiger partial charge in [0.15, 0.2) is 0 Å². The van der Waals surface area contributed by atoms with Gasteiger partial charge >= 0.3 is 0 Å². The standard InChI is InChI=1S/C25H33F2N3O3S/c1-8-10-21(19-14-18(27)16-29-23(19)33-7)30(34(31)24(3,4)5)25(28,13-9-2)20-15-17(26)11-12-22(20)32-6/h8-9,11-12,14-16,21H,1-2,10,13,28H2,3-7H3/t21-,25-,34?/m1/s1. The van der Waals surface area contributed by atoms with Crippen molar-refractivity contribution < 1.29 is 22.5 Å². The number of hydrogen-bond acceptors (Lipinski definition) is 5. The number of benzene rings is 1. The van der Waals surface area contributed by atoms with Gasteiger partial charge in [-0.3, -0.25) is 0 Å². The molecule has 0 radical (unpaired) electrons. The van der Waals surface area contributed by atoms with Crippen molar-refractivity contribution in [2.75, 3.05) is 14.2 Å². The minimum atomic E-state index is -1.78. The molecule has 0 saturated carbocycles. The van der Waals surface area contributed by atoms with E-state index in [9.17, 15) is 13.0 Å². The van der Waals surface area contributed by atoms with E-state index in [1.165, 1.54) is 42.8 Å². The van der Waals surface area contributed by atoms with Crippen LogP contribution in [0.4, 0.5) is 8.78 Å². The molecule has 0 aliphatic heterocycles. The monoisotopic (exact) mass is 493 g/mol. The highest BCUT2D eigenvalue weighted by atomic mass is 32.2. The molecule has 186 valence electrons. The van der Waals surface area contributed by atoms with Crippen LogP contribution in [0.25, 0.3) is 0 Å². The number of nitrogens with zero attached hydrogens (tertiary/aromatic N) is 2. The number of hydrogen-bond donors (Lipinski definition) is 1. The fraction of sp³-hybridized carbons (Fsp3) is 0.400. The molecule has 0 amide bonds. The van der Waals surface area contributed by atoms with E-state index in [-0.39, 0.29) is 24.3 Å². The Labute approximate surface area is 203 Å². The predicted molar refractivity (Wildman–Crippen MR) is 132 cm³/mol. The van der Waals surface area contributed by atoms with E-state index >= 15 is 0 Å². The Hall–Kier alpha value is -2.62. The smallest absolute Gasteiger partial charge is 0.218 e. The molecule has 1 aromatic carbocycles. The average molecular weight is 494 g/mol. The average Bonchev–Trinajstić information content (AvgIpc) is 2.78. The summed E-state index contributed by atoms with van der Waals surface area (Å²) in [6.45, 7) is 13.0. The highest BCUT2D eigenvalue weighted by Gasteiger charge is 2.47. The summed E-state index contributed by atoms with van der Waals surface area (Å²) in [6, 6.07) is 4.43. The van der Waals surface area contributed by atoms with Gasteiger partial charge in [0.05, 0.1) is 31.2 Å². The molecule has 0 fully saturated rings. The summed E-state index contributed by atoms with van der Waals surface area (Å²) < 4.78 is 54.6. The summed E-state index contributed by atoms with van der Waals surface area (Å²) in [5, 5.41) is 0. The Bertz CT molecular complexity index is 1060. The van der Waals surface area contributed by atoms with Crippen LogP contribution in [0.1, 0.15) is 50.8 Å². The van der Waals surface area contributed by atoms with Crippen LogP contribution >= 0.6 is 0 Å². The maximum Gasteiger partial charge on any atom is 0.218 e. The summed E-state index contributed by atoms with van der Waals surface area (Å²) in [5.41, 5.74) is 6.07. The van der Waals surface area contributed by atoms with Gasteiger partial charge in [0.1, 0.15) is 34.0 Å². The zero-order valence-corrected chi connectivity index (χ0v) is 21.1. The van der Waals surface area contributed by atoms with Gasteiger partial charge in [0.2, 0.25) is 5.88 Å². The first-order valence-electron chi connectivity index (χ1n) is 10.7. The number of methoxy groups -OCH3 is 2. The van der Waals surface area contributed by atoms with Crippen LogP contribution in [0.2, 0.25) is 0 Å². The number of ether oxygens (including phenoxy) is 2. The summed E-state index contributed by atoms with van der Waals surface area (Å²) >= 11 is 0. The molecule has 0 saturated heterocycles. The van der Waals surface area contributed by atoms with Crippen molar-refractivity contribution in [3.63, 3.8) is 0 Å². The van der Waals surface area contributed by atoms with Gasteiger partial charge in [-0.2, -0.15) is 4.31 Å². The van der Waals surface area contributed by atoms with Crippen LogP contribution in [0, 0.1) is 11.6 Å². The lowest BCUT2D eigenvalue weighted by Gasteiger charge is -2.47. The Morgan fingerprint density at radius 1 is 1.15 bits per heavy atom.